The molecule has 2 rings (SSSR count). The number of nitrogens with two attached hydrogens (primary N) is 1. The van der Waals surface area contributed by atoms with Gasteiger partial charge in [-0.1, -0.05) is 25.5 Å². The largest absolute Gasteiger partial charge is 0.366 e. The minimum Gasteiger partial charge on any atom is -0.366 e. The van der Waals surface area contributed by atoms with Crippen molar-refractivity contribution in [1.82, 2.24) is 0 Å². The van der Waals surface area contributed by atoms with Crippen LogP contribution in [0.5, 0.6) is 0 Å². The van der Waals surface area contributed by atoms with Crippen molar-refractivity contribution in [2.45, 2.75) is 43.3 Å². The van der Waals surface area contributed by atoms with Crippen LogP contribution in [0, 0.1) is 0 Å². The van der Waals surface area contributed by atoms with Crippen molar-refractivity contribution in [2.24, 2.45) is 5.73 Å². The van der Waals surface area contributed by atoms with Crippen LogP contribution in [-0.4, -0.2) is 23.0 Å². The summed E-state index contributed by atoms with van der Waals surface area (Å²) in [7, 11) is 0. The molecule has 0 aliphatic heterocycles. The molecule has 28 heavy (non-hydrogen) atoms. The topological polar surface area (TPSA) is 101 Å². The van der Waals surface area contributed by atoms with Crippen LogP contribution in [0.15, 0.2) is 53.4 Å². The lowest BCUT2D eigenvalue weighted by Crippen LogP contribution is -2.24. The molecule has 0 spiro atoms. The van der Waals surface area contributed by atoms with E-state index in [4.69, 9.17) is 5.73 Å². The van der Waals surface area contributed by atoms with E-state index in [0.717, 1.165) is 23.4 Å². The molecule has 2 aromatic rings. The molecule has 7 heteroatoms. The molecule has 0 aliphatic carbocycles. The number of benzene rings is 2. The Labute approximate surface area is 169 Å². The van der Waals surface area contributed by atoms with Crippen LogP contribution in [-0.2, 0) is 9.59 Å². The lowest BCUT2D eigenvalue weighted by Gasteiger charge is -2.14. The molecule has 4 N–H and O–H groups in total. The number of nitrogens with one attached hydrogen (secondary N) is 2. The molecule has 0 fully saturated rings. The fourth-order valence-corrected chi connectivity index (χ4v) is 3.34. The lowest BCUT2D eigenvalue weighted by molar-refractivity contribution is -0.116. The fourth-order valence-electron chi connectivity index (χ4n) is 2.48. The predicted octanol–water partition coefficient (Wildman–Crippen LogP) is 4.03. The minimum atomic E-state index is -0.590. The van der Waals surface area contributed by atoms with Gasteiger partial charge in [-0.15, -0.1) is 11.8 Å². The van der Waals surface area contributed by atoms with Crippen molar-refractivity contribution >= 4 is 40.9 Å². The summed E-state index contributed by atoms with van der Waals surface area (Å²) >= 11 is 1.39. The van der Waals surface area contributed by atoms with Gasteiger partial charge in [-0.25, -0.2) is 0 Å². The van der Waals surface area contributed by atoms with Crippen molar-refractivity contribution in [3.05, 3.63) is 54.1 Å². The normalized spacial score (nSPS) is 11.5. The first-order valence-corrected chi connectivity index (χ1v) is 10.0. The second-order valence-corrected chi connectivity index (χ2v) is 7.75. The third-order valence-electron chi connectivity index (χ3n) is 4.03. The first-order valence-electron chi connectivity index (χ1n) is 9.17. The van der Waals surface area contributed by atoms with Gasteiger partial charge in [-0.05, 0) is 49.7 Å². The third-order valence-corrected chi connectivity index (χ3v) is 5.14. The number of anilines is 2. The smallest absolute Gasteiger partial charge is 0.250 e. The maximum Gasteiger partial charge on any atom is 0.250 e. The monoisotopic (exact) mass is 399 g/mol. The van der Waals surface area contributed by atoms with Crippen LogP contribution in [0.2, 0.25) is 0 Å². The molecule has 6 nitrogen and oxygen atoms in total. The van der Waals surface area contributed by atoms with E-state index < -0.39 is 5.91 Å². The zero-order valence-corrected chi connectivity index (χ0v) is 16.8. The summed E-state index contributed by atoms with van der Waals surface area (Å²) in [5.74, 6) is -0.813. The summed E-state index contributed by atoms with van der Waals surface area (Å²) < 4.78 is 0. The number of hydrogen-bond donors (Lipinski definition) is 3. The number of para-hydroxylation sites is 1. The van der Waals surface area contributed by atoms with Crippen molar-refractivity contribution < 1.29 is 14.4 Å². The van der Waals surface area contributed by atoms with E-state index in [1.165, 1.54) is 11.8 Å². The molecular weight excluding hydrogens is 374 g/mol. The van der Waals surface area contributed by atoms with Crippen molar-refractivity contribution in [1.29, 1.82) is 0 Å². The zero-order chi connectivity index (χ0) is 20.5. The van der Waals surface area contributed by atoms with Crippen LogP contribution in [0.3, 0.4) is 0 Å². The quantitative estimate of drug-likeness (QED) is 0.554. The van der Waals surface area contributed by atoms with Crippen LogP contribution in [0.4, 0.5) is 11.4 Å². The molecule has 0 saturated carbocycles. The number of unbranched alkanes of at least 4 members (excludes halogenated alkanes) is 1. The molecule has 1 unspecified atom stereocenters. The molecule has 148 valence electrons. The Hall–Kier alpha value is -2.80. The molecule has 3 amide bonds. The van der Waals surface area contributed by atoms with Gasteiger partial charge in [0.15, 0.2) is 0 Å². The molecule has 0 aromatic heterocycles. The molecule has 0 radical (unpaired) electrons. The van der Waals surface area contributed by atoms with Gasteiger partial charge in [0.05, 0.1) is 16.5 Å². The van der Waals surface area contributed by atoms with Crippen LogP contribution >= 0.6 is 11.8 Å². The van der Waals surface area contributed by atoms with E-state index in [0.29, 0.717) is 12.1 Å². The summed E-state index contributed by atoms with van der Waals surface area (Å²) in [6, 6.07) is 14.0. The molecule has 2 aromatic carbocycles. The Morgan fingerprint density at radius 3 is 2.36 bits per heavy atom. The number of primary amides is 1. The number of thioether (sulfide) groups is 1. The van der Waals surface area contributed by atoms with Crippen LogP contribution in [0.25, 0.3) is 0 Å². The van der Waals surface area contributed by atoms with Gasteiger partial charge in [-0.3, -0.25) is 14.4 Å². The fraction of sp³-hybridized carbons (Fsp3) is 0.286. The Bertz CT molecular complexity index is 837. The summed E-state index contributed by atoms with van der Waals surface area (Å²) in [5, 5.41) is 5.23. The first-order chi connectivity index (χ1) is 13.4. The lowest BCUT2D eigenvalue weighted by atomic mass is 10.1. The molecular formula is C21H25N3O3S. The van der Waals surface area contributed by atoms with Crippen molar-refractivity contribution in [2.75, 3.05) is 10.6 Å². The average Bonchev–Trinajstić information content (AvgIpc) is 2.68. The zero-order valence-electron chi connectivity index (χ0n) is 16.0. The van der Waals surface area contributed by atoms with E-state index in [-0.39, 0.29) is 22.6 Å². The second-order valence-electron chi connectivity index (χ2n) is 6.34. The maximum atomic E-state index is 12.5. The van der Waals surface area contributed by atoms with Gasteiger partial charge in [0.1, 0.15) is 0 Å². The Balaban J connectivity index is 1.93. The summed E-state index contributed by atoms with van der Waals surface area (Å²) in [4.78, 5) is 36.6. The van der Waals surface area contributed by atoms with Crippen LogP contribution < -0.4 is 16.4 Å². The number of hydrogen-bond acceptors (Lipinski definition) is 4. The molecule has 0 bridgehead atoms. The molecule has 1 atom stereocenters. The minimum absolute atomic E-state index is 0.00288. The van der Waals surface area contributed by atoms with Crippen LogP contribution in [0.1, 0.15) is 43.5 Å². The van der Waals surface area contributed by atoms with E-state index in [2.05, 4.69) is 10.6 Å². The number of carbonyl (C=O) groups excluding carboxylic acids is 3. The van der Waals surface area contributed by atoms with Gasteiger partial charge >= 0.3 is 0 Å². The Morgan fingerprint density at radius 1 is 1.04 bits per heavy atom. The summed E-state index contributed by atoms with van der Waals surface area (Å²) in [6.07, 6.45) is 2.36. The highest BCUT2D eigenvalue weighted by Gasteiger charge is 2.17. The number of carbonyl (C=O) groups is 3. The van der Waals surface area contributed by atoms with Gasteiger partial charge in [0.25, 0.3) is 5.91 Å². The van der Waals surface area contributed by atoms with Crippen molar-refractivity contribution in [3.8, 4) is 0 Å². The predicted molar refractivity (Wildman–Crippen MR) is 114 cm³/mol. The van der Waals surface area contributed by atoms with Gasteiger partial charge in [0.2, 0.25) is 11.8 Å². The highest BCUT2D eigenvalue weighted by atomic mass is 32.2. The maximum absolute atomic E-state index is 12.5. The summed E-state index contributed by atoms with van der Waals surface area (Å²) in [6.45, 7) is 3.83. The number of amides is 3. The Morgan fingerprint density at radius 2 is 1.71 bits per heavy atom. The van der Waals surface area contributed by atoms with Crippen molar-refractivity contribution in [3.63, 3.8) is 0 Å². The van der Waals surface area contributed by atoms with E-state index in [9.17, 15) is 14.4 Å². The van der Waals surface area contributed by atoms with E-state index in [1.807, 2.05) is 31.2 Å². The van der Waals surface area contributed by atoms with E-state index >= 15 is 0 Å². The highest BCUT2D eigenvalue weighted by molar-refractivity contribution is 8.00. The summed E-state index contributed by atoms with van der Waals surface area (Å²) in [5.41, 5.74) is 6.75. The first kappa shape index (κ1) is 21.5. The molecule has 0 saturated heterocycles. The Kier molecular flexibility index (Phi) is 8.07. The highest BCUT2D eigenvalue weighted by Crippen LogP contribution is 2.26. The van der Waals surface area contributed by atoms with Gasteiger partial charge in [0, 0.05) is 17.0 Å². The molecule has 0 aliphatic rings. The second kappa shape index (κ2) is 10.5. The third kappa shape index (κ3) is 6.42. The van der Waals surface area contributed by atoms with Gasteiger partial charge in [-0.2, -0.15) is 0 Å². The van der Waals surface area contributed by atoms with Gasteiger partial charge < -0.3 is 16.4 Å². The molecule has 0 heterocycles. The standard InChI is InChI=1S/C21H25N3O3S/c1-3-4-9-19(25)23-15-10-12-16(13-11-15)28-14(2)21(27)24-18-8-6-5-7-17(18)20(22)26/h5-8,10-14H,3-4,9H2,1-2H3,(H2,22,26)(H,23,25)(H,24,27). The average molecular weight is 400 g/mol. The van der Waals surface area contributed by atoms with E-state index in [1.54, 1.807) is 31.2 Å². The number of rotatable bonds is 9. The SMILES string of the molecule is CCCCC(=O)Nc1ccc(SC(C)C(=O)Nc2ccccc2C(N)=O)cc1.